The fourth-order valence-electron chi connectivity index (χ4n) is 4.69. The molecule has 0 aromatic heterocycles. The predicted molar refractivity (Wildman–Crippen MR) is 108 cm³/mol. The third-order valence-corrected chi connectivity index (χ3v) is 8.04. The summed E-state index contributed by atoms with van der Waals surface area (Å²) in [5, 5.41) is 2.42. The molecule has 0 unspecified atom stereocenters. The first kappa shape index (κ1) is 23.8. The molecule has 0 aliphatic carbocycles. The smallest absolute Gasteiger partial charge is 0.407 e. The van der Waals surface area contributed by atoms with Gasteiger partial charge in [-0.05, 0) is 56.6 Å². The van der Waals surface area contributed by atoms with Crippen molar-refractivity contribution in [3.63, 3.8) is 0 Å². The summed E-state index contributed by atoms with van der Waals surface area (Å²) in [7, 11) is -3.58. The number of nitrogens with zero attached hydrogens (tertiary/aromatic N) is 1. The lowest BCUT2D eigenvalue weighted by molar-refractivity contribution is 0.152. The van der Waals surface area contributed by atoms with Crippen LogP contribution in [0.25, 0.3) is 0 Å². The minimum absolute atomic E-state index is 0.0128. The number of carbonyl (C=O) groups excluding carboxylic acids is 1. The van der Waals surface area contributed by atoms with Gasteiger partial charge in [0.25, 0.3) is 0 Å². The van der Waals surface area contributed by atoms with Crippen molar-refractivity contribution in [3.05, 3.63) is 35.1 Å². The van der Waals surface area contributed by atoms with Crippen molar-refractivity contribution in [2.45, 2.75) is 57.2 Å². The Balaban J connectivity index is 1.60. The van der Waals surface area contributed by atoms with Gasteiger partial charge in [0.05, 0.1) is 12.4 Å². The van der Waals surface area contributed by atoms with E-state index >= 15 is 0 Å². The van der Waals surface area contributed by atoms with E-state index in [1.165, 1.54) is 4.31 Å². The van der Waals surface area contributed by atoms with Gasteiger partial charge in [-0.15, -0.1) is 0 Å². The summed E-state index contributed by atoms with van der Waals surface area (Å²) in [4.78, 5) is 11.4. The molecule has 1 aromatic carbocycles. The quantitative estimate of drug-likeness (QED) is 0.576. The van der Waals surface area contributed by atoms with Gasteiger partial charge in [-0.25, -0.2) is 26.4 Å². The largest absolute Gasteiger partial charge is 0.450 e. The van der Waals surface area contributed by atoms with Crippen LogP contribution < -0.4 is 11.1 Å². The van der Waals surface area contributed by atoms with Crippen LogP contribution in [0.4, 0.5) is 18.0 Å². The minimum Gasteiger partial charge on any atom is -0.450 e. The molecule has 3 atom stereocenters. The Kier molecular flexibility index (Phi) is 7.48. The average molecular weight is 464 g/mol. The summed E-state index contributed by atoms with van der Waals surface area (Å²) >= 11 is 0. The molecule has 3 N–H and O–H groups in total. The Labute approximate surface area is 180 Å². The Morgan fingerprint density at radius 3 is 2.42 bits per heavy atom. The Morgan fingerprint density at radius 1 is 1.19 bits per heavy atom. The molecule has 2 bridgehead atoms. The van der Waals surface area contributed by atoms with Crippen LogP contribution in [-0.4, -0.2) is 55.8 Å². The number of alkyl carbamates (subject to hydrolysis) is 1. The standard InChI is InChI=1S/C20H28F3N3O4S/c1-2-30-20(27)25-5-6-31(28,29)26-14-3-4-15(26)8-13(7-14)19(24)10-12-9-17(22)18(23)11-16(12)21/h9,11,13-15,19H,2-8,10,24H2,1H3,(H,25,27)/t14-,15-,19-/m1/s1. The lowest BCUT2D eigenvalue weighted by atomic mass is 9.83. The molecule has 2 aliphatic rings. The number of hydrogen-bond acceptors (Lipinski definition) is 5. The monoisotopic (exact) mass is 463 g/mol. The summed E-state index contributed by atoms with van der Waals surface area (Å²) in [6.45, 7) is 1.81. The van der Waals surface area contributed by atoms with Crippen LogP contribution in [-0.2, 0) is 21.2 Å². The molecule has 31 heavy (non-hydrogen) atoms. The molecule has 2 heterocycles. The van der Waals surface area contributed by atoms with Crippen molar-refractivity contribution in [3.8, 4) is 0 Å². The Morgan fingerprint density at radius 2 is 1.81 bits per heavy atom. The highest BCUT2D eigenvalue weighted by molar-refractivity contribution is 7.89. The highest BCUT2D eigenvalue weighted by atomic mass is 32.2. The molecule has 11 heteroatoms. The third-order valence-electron chi connectivity index (χ3n) is 6.08. The van der Waals surface area contributed by atoms with Gasteiger partial charge in [0.2, 0.25) is 10.0 Å². The van der Waals surface area contributed by atoms with E-state index in [1.54, 1.807) is 6.92 Å². The predicted octanol–water partition coefficient (Wildman–Crippen LogP) is 2.29. The Bertz CT molecular complexity index is 901. The normalized spacial score (nSPS) is 24.7. The molecule has 1 aromatic rings. The number of amides is 1. The first-order valence-electron chi connectivity index (χ1n) is 10.4. The molecule has 1 amide bonds. The molecule has 2 aliphatic heterocycles. The van der Waals surface area contributed by atoms with Gasteiger partial charge >= 0.3 is 6.09 Å². The number of benzene rings is 1. The third kappa shape index (κ3) is 5.50. The summed E-state index contributed by atoms with van der Waals surface area (Å²) in [5.41, 5.74) is 6.29. The average Bonchev–Trinajstić information content (AvgIpc) is 2.97. The maximum absolute atomic E-state index is 14.0. The van der Waals surface area contributed by atoms with Gasteiger partial charge in [-0.1, -0.05) is 0 Å². The van der Waals surface area contributed by atoms with E-state index in [0.29, 0.717) is 31.7 Å². The summed E-state index contributed by atoms with van der Waals surface area (Å²) in [6.07, 6.45) is 1.84. The highest BCUT2D eigenvalue weighted by Gasteiger charge is 2.47. The van der Waals surface area contributed by atoms with Crippen LogP contribution in [0.15, 0.2) is 12.1 Å². The fraction of sp³-hybridized carbons (Fsp3) is 0.650. The van der Waals surface area contributed by atoms with Crippen molar-refractivity contribution in [1.82, 2.24) is 9.62 Å². The number of nitrogens with one attached hydrogen (secondary N) is 1. The van der Waals surface area contributed by atoms with Crippen molar-refractivity contribution >= 4 is 16.1 Å². The first-order chi connectivity index (χ1) is 14.6. The number of halogens is 3. The molecule has 2 fully saturated rings. The minimum atomic E-state index is -3.58. The maximum Gasteiger partial charge on any atom is 0.407 e. The number of hydrogen-bond donors (Lipinski definition) is 2. The molecular formula is C20H28F3N3O4S. The van der Waals surface area contributed by atoms with Crippen LogP contribution in [0.5, 0.6) is 0 Å². The van der Waals surface area contributed by atoms with Crippen molar-refractivity contribution in [2.24, 2.45) is 11.7 Å². The van der Waals surface area contributed by atoms with Crippen LogP contribution in [0.3, 0.4) is 0 Å². The lowest BCUT2D eigenvalue weighted by Crippen LogP contribution is -2.51. The number of nitrogens with two attached hydrogens (primary N) is 1. The Hall–Kier alpha value is -1.85. The zero-order chi connectivity index (χ0) is 22.8. The van der Waals surface area contributed by atoms with Crippen molar-refractivity contribution in [2.75, 3.05) is 18.9 Å². The lowest BCUT2D eigenvalue weighted by Gasteiger charge is -2.40. The second-order valence-corrected chi connectivity index (χ2v) is 10.1. The van der Waals surface area contributed by atoms with Crippen LogP contribution in [0, 0.1) is 23.4 Å². The van der Waals surface area contributed by atoms with Gasteiger partial charge < -0.3 is 15.8 Å². The number of piperidine rings is 1. The van der Waals surface area contributed by atoms with E-state index in [4.69, 9.17) is 10.5 Å². The van der Waals surface area contributed by atoms with Crippen LogP contribution in [0.2, 0.25) is 0 Å². The molecule has 0 saturated carbocycles. The van der Waals surface area contributed by atoms with E-state index in [9.17, 15) is 26.4 Å². The summed E-state index contributed by atoms with van der Waals surface area (Å²) < 4.78 is 72.5. The van der Waals surface area contributed by atoms with Crippen molar-refractivity contribution < 1.29 is 31.1 Å². The van der Waals surface area contributed by atoms with Gasteiger partial charge in [0.15, 0.2) is 11.6 Å². The number of sulfonamides is 1. The van der Waals surface area contributed by atoms with Crippen LogP contribution in [0.1, 0.15) is 38.2 Å². The van der Waals surface area contributed by atoms with Crippen molar-refractivity contribution in [1.29, 1.82) is 0 Å². The summed E-state index contributed by atoms with van der Waals surface area (Å²) in [6, 6.07) is 0.419. The van der Waals surface area contributed by atoms with Gasteiger partial charge in [-0.3, -0.25) is 0 Å². The summed E-state index contributed by atoms with van der Waals surface area (Å²) in [5.74, 6) is -3.50. The maximum atomic E-state index is 14.0. The fourth-order valence-corrected chi connectivity index (χ4v) is 6.55. The highest BCUT2D eigenvalue weighted by Crippen LogP contribution is 2.41. The number of fused-ring (bicyclic) bond motifs is 2. The van der Waals surface area contributed by atoms with E-state index in [-0.39, 0.29) is 48.9 Å². The topological polar surface area (TPSA) is 102 Å². The molecule has 7 nitrogen and oxygen atoms in total. The van der Waals surface area contributed by atoms with Gasteiger partial charge in [-0.2, -0.15) is 4.31 Å². The SMILES string of the molecule is CCOC(=O)NCCS(=O)(=O)N1[C@@H]2CC[C@@H]1CC([C@H](N)Cc1cc(F)c(F)cc1F)C2. The van der Waals surface area contributed by atoms with E-state index in [0.717, 1.165) is 6.07 Å². The number of rotatable bonds is 8. The van der Waals surface area contributed by atoms with E-state index < -0.39 is 39.6 Å². The number of carbonyl (C=O) groups is 1. The second-order valence-electron chi connectivity index (χ2n) is 8.14. The molecule has 2 saturated heterocycles. The zero-order valence-electron chi connectivity index (χ0n) is 17.3. The zero-order valence-corrected chi connectivity index (χ0v) is 18.1. The number of ether oxygens (including phenoxy) is 1. The first-order valence-corrected chi connectivity index (χ1v) is 12.0. The molecule has 3 rings (SSSR count). The molecule has 0 radical (unpaired) electrons. The van der Waals surface area contributed by atoms with Gasteiger partial charge in [0, 0.05) is 30.7 Å². The van der Waals surface area contributed by atoms with E-state index in [2.05, 4.69) is 5.32 Å². The van der Waals surface area contributed by atoms with E-state index in [1.807, 2.05) is 0 Å². The second kappa shape index (κ2) is 9.74. The van der Waals surface area contributed by atoms with Crippen LogP contribution >= 0.6 is 0 Å². The molecule has 0 spiro atoms. The molecule has 174 valence electrons. The molecular weight excluding hydrogens is 435 g/mol. The van der Waals surface area contributed by atoms with Gasteiger partial charge in [0.1, 0.15) is 5.82 Å².